The number of allylic oxidation sites excluding steroid dienone is 4. The summed E-state index contributed by atoms with van der Waals surface area (Å²) in [4.78, 5) is 106. The number of hydrogen-bond acceptors (Lipinski definition) is 16. The fraction of sp³-hybridized carbons (Fsp3) is 0.647. The van der Waals surface area contributed by atoms with Crippen molar-refractivity contribution in [3.05, 3.63) is 24.3 Å². The molecule has 0 aromatic heterocycles. The molecule has 2 saturated carbocycles. The van der Waals surface area contributed by atoms with E-state index in [1.807, 2.05) is 24.3 Å². The van der Waals surface area contributed by atoms with Gasteiger partial charge in [-0.1, -0.05) is 67.5 Å². The van der Waals surface area contributed by atoms with Crippen LogP contribution >= 0.6 is 43.2 Å². The second-order valence-electron chi connectivity index (χ2n) is 13.4. The summed E-state index contributed by atoms with van der Waals surface area (Å²) >= 11 is 0. The molecular weight excluding hydrogens is 785 g/mol. The summed E-state index contributed by atoms with van der Waals surface area (Å²) in [7, 11) is 8.68. The quantitative estimate of drug-likeness (QED) is 0.129. The van der Waals surface area contributed by atoms with Gasteiger partial charge in [-0.2, -0.15) is 0 Å². The lowest BCUT2D eigenvalue weighted by atomic mass is 9.81. The van der Waals surface area contributed by atoms with Crippen LogP contribution in [0.1, 0.15) is 12.8 Å². The molecule has 54 heavy (non-hydrogen) atoms. The van der Waals surface area contributed by atoms with Gasteiger partial charge >= 0.3 is 23.9 Å². The Labute approximate surface area is 328 Å². The zero-order valence-corrected chi connectivity index (χ0v) is 33.3. The number of esters is 4. The zero-order chi connectivity index (χ0) is 39.1. The summed E-state index contributed by atoms with van der Waals surface area (Å²) in [5.41, 5.74) is 0. The summed E-state index contributed by atoms with van der Waals surface area (Å²) in [5.74, 6) is -8.32. The Bertz CT molecular complexity index is 1340. The maximum absolute atomic E-state index is 13.7. The van der Waals surface area contributed by atoms with E-state index < -0.39 is 92.2 Å². The highest BCUT2D eigenvalue weighted by molar-refractivity contribution is 8.77. The molecule has 4 aliphatic carbocycles. The van der Waals surface area contributed by atoms with Crippen molar-refractivity contribution in [3.63, 3.8) is 0 Å². The zero-order valence-electron chi connectivity index (χ0n) is 30.0. The van der Waals surface area contributed by atoms with E-state index in [9.17, 15) is 38.4 Å². The predicted octanol–water partition coefficient (Wildman–Crippen LogP) is 0.271. The van der Waals surface area contributed by atoms with Gasteiger partial charge in [-0.05, 0) is 36.5 Å². The summed E-state index contributed by atoms with van der Waals surface area (Å²) in [6.07, 6.45) is 8.74. The third kappa shape index (κ3) is 9.35. The van der Waals surface area contributed by atoms with Crippen molar-refractivity contribution >= 4 is 90.7 Å². The highest BCUT2D eigenvalue weighted by atomic mass is 33.1. The minimum atomic E-state index is -0.966. The fourth-order valence-electron chi connectivity index (χ4n) is 7.74. The lowest BCUT2D eigenvalue weighted by molar-refractivity contribution is -0.141. The monoisotopic (exact) mass is 828 g/mol. The van der Waals surface area contributed by atoms with Gasteiger partial charge < -0.3 is 40.2 Å². The van der Waals surface area contributed by atoms with Gasteiger partial charge in [0.25, 0.3) is 0 Å². The van der Waals surface area contributed by atoms with Crippen LogP contribution in [0.3, 0.4) is 0 Å². The van der Waals surface area contributed by atoms with E-state index in [-0.39, 0.29) is 49.9 Å². The second-order valence-corrected chi connectivity index (χ2v) is 18.8. The number of methoxy groups -OCH3 is 4. The van der Waals surface area contributed by atoms with E-state index in [0.717, 1.165) is 43.2 Å². The van der Waals surface area contributed by atoms with Crippen LogP contribution in [0.25, 0.3) is 0 Å². The maximum Gasteiger partial charge on any atom is 0.321 e. The fourth-order valence-corrected chi connectivity index (χ4v) is 12.9. The van der Waals surface area contributed by atoms with Gasteiger partial charge in [0.2, 0.25) is 23.6 Å². The molecule has 4 amide bonds. The Kier molecular flexibility index (Phi) is 14.7. The first-order valence-electron chi connectivity index (χ1n) is 17.3. The molecule has 0 aromatic carbocycles. The van der Waals surface area contributed by atoms with E-state index in [1.54, 1.807) is 0 Å². The van der Waals surface area contributed by atoms with Crippen LogP contribution in [0.4, 0.5) is 0 Å². The third-order valence-electron chi connectivity index (χ3n) is 10.4. The standard InChI is InChI=1S/C34H44N4O12S4/c1-47-31(43)19-11-35-27(39)23-15-5-6-16(9-15)24(23)28(40)37-13-21(33(45)49-3)53-54-22(34(46)50-4)14-38-30(42)26-18-8-7-17(10-18)25(26)29(41)36-12-20(52-51-19)32(44)48-2/h5-8,15-26H,9-14H2,1-4H3,(H,35,39)(H,36,41)(H,37,40)(H,38,42)/t15-,16+,17-,18+,19-,20-,21-,22-,23-,24-,25-,26-/m0/s1. The number of hydrogen-bond donors (Lipinski definition) is 4. The van der Waals surface area contributed by atoms with Crippen LogP contribution in [-0.4, -0.2) is 123 Å². The molecule has 12 atom stereocenters. The van der Waals surface area contributed by atoms with Crippen LogP contribution in [0.2, 0.25) is 0 Å². The maximum atomic E-state index is 13.7. The van der Waals surface area contributed by atoms with E-state index in [4.69, 9.17) is 18.9 Å². The number of nitrogens with one attached hydrogen (secondary N) is 4. The van der Waals surface area contributed by atoms with E-state index in [0.29, 0.717) is 12.8 Å². The molecular formula is C34H44N4O12S4. The van der Waals surface area contributed by atoms with Crippen molar-refractivity contribution in [2.45, 2.75) is 33.8 Å². The van der Waals surface area contributed by atoms with Gasteiger partial charge in [0.1, 0.15) is 21.0 Å². The van der Waals surface area contributed by atoms with Crippen molar-refractivity contribution in [1.29, 1.82) is 0 Å². The van der Waals surface area contributed by atoms with Crippen molar-refractivity contribution in [1.82, 2.24) is 21.3 Å². The number of ether oxygens (including phenoxy) is 4. The molecule has 5 aliphatic rings. The first-order valence-corrected chi connectivity index (χ1v) is 21.9. The molecule has 3 fully saturated rings. The Morgan fingerprint density at radius 3 is 0.833 bits per heavy atom. The number of carbonyl (C=O) groups excluding carboxylic acids is 8. The molecule has 20 heteroatoms. The van der Waals surface area contributed by atoms with Crippen LogP contribution < -0.4 is 21.3 Å². The largest absolute Gasteiger partial charge is 0.468 e. The second kappa shape index (κ2) is 19.0. The van der Waals surface area contributed by atoms with Gasteiger partial charge in [-0.15, -0.1) is 0 Å². The van der Waals surface area contributed by atoms with E-state index >= 15 is 0 Å². The van der Waals surface area contributed by atoms with Gasteiger partial charge in [0.15, 0.2) is 0 Å². The lowest BCUT2D eigenvalue weighted by Crippen LogP contribution is -2.48. The van der Waals surface area contributed by atoms with Crippen molar-refractivity contribution in [2.24, 2.45) is 47.3 Å². The Morgan fingerprint density at radius 2 is 0.648 bits per heavy atom. The van der Waals surface area contributed by atoms with Crippen molar-refractivity contribution in [3.8, 4) is 0 Å². The molecule has 0 spiro atoms. The molecule has 296 valence electrons. The molecule has 0 aromatic rings. The lowest BCUT2D eigenvalue weighted by Gasteiger charge is -2.28. The number of rotatable bonds is 4. The van der Waals surface area contributed by atoms with Crippen LogP contribution in [0.15, 0.2) is 24.3 Å². The summed E-state index contributed by atoms with van der Waals surface area (Å²) in [5, 5.41) is 7.33. The smallest absolute Gasteiger partial charge is 0.321 e. The molecule has 0 radical (unpaired) electrons. The molecule has 1 aliphatic heterocycles. The number of fused-ring (bicyclic) bond motifs is 10. The van der Waals surface area contributed by atoms with Crippen LogP contribution in [-0.2, 0) is 57.3 Å². The van der Waals surface area contributed by atoms with Gasteiger partial charge in [-0.25, -0.2) is 0 Å². The summed E-state index contributed by atoms with van der Waals surface area (Å²) < 4.78 is 19.9. The normalized spacial score (nSPS) is 35.9. The number of carbonyl (C=O) groups is 8. The Morgan fingerprint density at radius 1 is 0.444 bits per heavy atom. The summed E-state index contributed by atoms with van der Waals surface area (Å²) in [6.45, 7) is -0.709. The van der Waals surface area contributed by atoms with E-state index in [2.05, 4.69) is 21.3 Å². The molecule has 1 saturated heterocycles. The van der Waals surface area contributed by atoms with Gasteiger partial charge in [-0.3, -0.25) is 38.4 Å². The molecule has 0 unspecified atom stereocenters. The third-order valence-corrected chi connectivity index (χ3v) is 16.5. The van der Waals surface area contributed by atoms with E-state index in [1.165, 1.54) is 28.4 Å². The Balaban J connectivity index is 1.40. The molecule has 1 heterocycles. The first-order chi connectivity index (χ1) is 25.9. The molecule has 4 N–H and O–H groups in total. The minimum absolute atomic E-state index is 0.177. The topological polar surface area (TPSA) is 222 Å². The Hall–Kier alpha value is -3.36. The summed E-state index contributed by atoms with van der Waals surface area (Å²) in [6, 6.07) is 0. The van der Waals surface area contributed by atoms with Gasteiger partial charge in [0, 0.05) is 26.2 Å². The van der Waals surface area contributed by atoms with Crippen molar-refractivity contribution < 1.29 is 57.3 Å². The average molecular weight is 829 g/mol. The average Bonchev–Trinajstić information content (AvgIpc) is 4.00. The first kappa shape index (κ1) is 41.8. The molecule has 5 rings (SSSR count). The SMILES string of the molecule is COC(=O)[C@@H]1CNC(=O)[C@@H]2[C@@H](C(=O)NC[C@@H](C(=O)OC)SS[C@H](C(=O)OC)CNC(=O)[C@@H]3[C@@H](C(=O)NC[C@@H](C(=O)OC)SS1)[C@@H]1C=C[C@H]3C1)[C@H]1C=C[C@@H]2C1. The van der Waals surface area contributed by atoms with Crippen LogP contribution in [0.5, 0.6) is 0 Å². The predicted molar refractivity (Wildman–Crippen MR) is 201 cm³/mol. The highest BCUT2D eigenvalue weighted by Crippen LogP contribution is 2.49. The minimum Gasteiger partial charge on any atom is -0.468 e. The highest BCUT2D eigenvalue weighted by Gasteiger charge is 2.53. The molecule has 4 bridgehead atoms. The van der Waals surface area contributed by atoms with Gasteiger partial charge in [0.05, 0.1) is 52.1 Å². The van der Waals surface area contributed by atoms with Crippen LogP contribution in [0, 0.1) is 47.3 Å². The number of amides is 4. The molecule has 16 nitrogen and oxygen atoms in total. The van der Waals surface area contributed by atoms with Crippen molar-refractivity contribution in [2.75, 3.05) is 54.6 Å².